The normalized spacial score (nSPS) is 11.1. The molecule has 0 aliphatic rings. The molecule has 0 spiro atoms. The maximum atomic E-state index is 14.1. The topological polar surface area (TPSA) is 96.2 Å². The van der Waals surface area contributed by atoms with Crippen LogP contribution in [0.1, 0.15) is 27.3 Å². The molecule has 0 fully saturated rings. The van der Waals surface area contributed by atoms with Crippen LogP contribution in [0.3, 0.4) is 0 Å². The van der Waals surface area contributed by atoms with E-state index in [0.29, 0.717) is 29.9 Å². The Labute approximate surface area is 177 Å². The number of carbonyl (C=O) groups is 2. The van der Waals surface area contributed by atoms with Gasteiger partial charge in [-0.15, -0.1) is 0 Å². The van der Waals surface area contributed by atoms with E-state index in [0.717, 1.165) is 33.1 Å². The number of nitrogens with one attached hydrogen (secondary N) is 3. The molecule has 0 aliphatic heterocycles. The minimum absolute atomic E-state index is 0.257. The quantitative estimate of drug-likeness (QED) is 0.325. The van der Waals surface area contributed by atoms with E-state index < -0.39 is 6.16 Å². The Hall–Kier alpha value is -3.81. The van der Waals surface area contributed by atoms with Gasteiger partial charge in [-0.1, -0.05) is 6.07 Å². The molecular weight excluding hydrogens is 401 g/mol. The van der Waals surface area contributed by atoms with Crippen molar-refractivity contribution in [2.24, 2.45) is 0 Å². The van der Waals surface area contributed by atoms with E-state index in [2.05, 4.69) is 20.0 Å². The van der Waals surface area contributed by atoms with Gasteiger partial charge in [0.25, 0.3) is 5.91 Å². The van der Waals surface area contributed by atoms with Gasteiger partial charge in [-0.05, 0) is 61.7 Å². The van der Waals surface area contributed by atoms with Gasteiger partial charge in [-0.2, -0.15) is 0 Å². The summed E-state index contributed by atoms with van der Waals surface area (Å²) in [7, 11) is 1.23. The summed E-state index contributed by atoms with van der Waals surface area (Å²) in [4.78, 5) is 30.0. The number of benzene rings is 2. The van der Waals surface area contributed by atoms with E-state index in [9.17, 15) is 14.0 Å². The predicted octanol–water partition coefficient (Wildman–Crippen LogP) is 4.52. The molecule has 0 bridgehead atoms. The summed E-state index contributed by atoms with van der Waals surface area (Å²) in [6, 6.07) is 9.87. The van der Waals surface area contributed by atoms with Crippen LogP contribution in [0.25, 0.3) is 21.8 Å². The lowest BCUT2D eigenvalue weighted by atomic mass is 10.0. The third-order valence-electron chi connectivity index (χ3n) is 5.30. The van der Waals surface area contributed by atoms with Gasteiger partial charge in [0.15, 0.2) is 0 Å². The van der Waals surface area contributed by atoms with E-state index >= 15 is 0 Å². The molecule has 7 nitrogen and oxygen atoms in total. The molecule has 2 aromatic carbocycles. The highest BCUT2D eigenvalue weighted by atomic mass is 19.1. The van der Waals surface area contributed by atoms with Crippen LogP contribution in [0.5, 0.6) is 5.75 Å². The first-order valence-electron chi connectivity index (χ1n) is 9.80. The van der Waals surface area contributed by atoms with Gasteiger partial charge in [0.05, 0.1) is 12.6 Å². The Morgan fingerprint density at radius 2 is 1.90 bits per heavy atom. The molecule has 0 atom stereocenters. The Bertz CT molecular complexity index is 1310. The molecular formula is C23H22FN3O4. The number of halogens is 1. The van der Waals surface area contributed by atoms with E-state index in [-0.39, 0.29) is 11.7 Å². The first-order valence-corrected chi connectivity index (χ1v) is 9.80. The second-order valence-corrected chi connectivity index (χ2v) is 7.34. The lowest BCUT2D eigenvalue weighted by molar-refractivity contribution is 0.0949. The van der Waals surface area contributed by atoms with Crippen molar-refractivity contribution >= 4 is 33.9 Å². The molecule has 0 unspecified atom stereocenters. The molecule has 160 valence electrons. The zero-order valence-corrected chi connectivity index (χ0v) is 17.4. The number of methoxy groups -OCH3 is 1. The summed E-state index contributed by atoms with van der Waals surface area (Å²) in [6.45, 7) is 4.25. The number of carbonyl (C=O) groups excluding carboxylic acids is 2. The average Bonchev–Trinajstić information content (AvgIpc) is 3.32. The lowest BCUT2D eigenvalue weighted by Crippen LogP contribution is -2.26. The number of hydrogen-bond donors (Lipinski definition) is 3. The van der Waals surface area contributed by atoms with Crippen LogP contribution >= 0.6 is 0 Å². The van der Waals surface area contributed by atoms with Crippen molar-refractivity contribution in [1.29, 1.82) is 0 Å². The van der Waals surface area contributed by atoms with Crippen LogP contribution in [0.4, 0.5) is 9.18 Å². The van der Waals surface area contributed by atoms with Gasteiger partial charge in [0, 0.05) is 28.5 Å². The van der Waals surface area contributed by atoms with Crippen LogP contribution in [0, 0.1) is 19.7 Å². The average molecular weight is 423 g/mol. The third-order valence-corrected chi connectivity index (χ3v) is 5.30. The van der Waals surface area contributed by atoms with Crippen molar-refractivity contribution in [2.45, 2.75) is 20.3 Å². The largest absolute Gasteiger partial charge is 0.513 e. The molecule has 0 aliphatic carbocycles. The lowest BCUT2D eigenvalue weighted by Gasteiger charge is -2.06. The first-order chi connectivity index (χ1) is 14.9. The molecule has 2 aromatic heterocycles. The minimum atomic E-state index is -0.810. The molecule has 31 heavy (non-hydrogen) atoms. The first kappa shape index (κ1) is 20.5. The molecule has 3 N–H and O–H groups in total. The monoisotopic (exact) mass is 423 g/mol. The van der Waals surface area contributed by atoms with Gasteiger partial charge in [0.2, 0.25) is 0 Å². The number of amides is 1. The summed E-state index contributed by atoms with van der Waals surface area (Å²) >= 11 is 0. The van der Waals surface area contributed by atoms with E-state index in [1.54, 1.807) is 30.3 Å². The van der Waals surface area contributed by atoms with Gasteiger partial charge in [-0.3, -0.25) is 4.79 Å². The van der Waals surface area contributed by atoms with Crippen LogP contribution in [-0.2, 0) is 11.2 Å². The number of aromatic amines is 2. The molecule has 1 amide bonds. The van der Waals surface area contributed by atoms with Crippen molar-refractivity contribution in [3.63, 3.8) is 0 Å². The highest BCUT2D eigenvalue weighted by molar-refractivity contribution is 5.98. The van der Waals surface area contributed by atoms with E-state index in [1.165, 1.54) is 13.2 Å². The van der Waals surface area contributed by atoms with E-state index in [1.807, 2.05) is 13.8 Å². The summed E-state index contributed by atoms with van der Waals surface area (Å²) in [5, 5.41) is 4.49. The maximum absolute atomic E-state index is 14.1. The molecule has 0 saturated carbocycles. The minimum Gasteiger partial charge on any atom is -0.437 e. The van der Waals surface area contributed by atoms with Gasteiger partial charge < -0.3 is 24.8 Å². The highest BCUT2D eigenvalue weighted by Gasteiger charge is 2.15. The van der Waals surface area contributed by atoms with Gasteiger partial charge >= 0.3 is 6.16 Å². The summed E-state index contributed by atoms with van der Waals surface area (Å²) in [5.41, 5.74) is 4.50. The number of ether oxygens (including phenoxy) is 2. The number of fused-ring (bicyclic) bond motifs is 2. The van der Waals surface area contributed by atoms with Crippen molar-refractivity contribution in [3.8, 4) is 5.75 Å². The van der Waals surface area contributed by atoms with Crippen LogP contribution in [0.2, 0.25) is 0 Å². The fourth-order valence-electron chi connectivity index (χ4n) is 3.79. The second kappa shape index (κ2) is 8.14. The molecule has 0 saturated heterocycles. The zero-order valence-electron chi connectivity index (χ0n) is 17.4. The van der Waals surface area contributed by atoms with Gasteiger partial charge in [-0.25, -0.2) is 9.18 Å². The Morgan fingerprint density at radius 3 is 2.68 bits per heavy atom. The van der Waals surface area contributed by atoms with Crippen LogP contribution < -0.4 is 10.1 Å². The molecule has 4 aromatic rings. The molecule has 8 heteroatoms. The third kappa shape index (κ3) is 3.96. The number of aryl methyl sites for hydroxylation is 2. The van der Waals surface area contributed by atoms with E-state index in [4.69, 9.17) is 4.74 Å². The number of aromatic nitrogens is 2. The standard InChI is InChI=1S/C23H22FN3O4/c1-12-4-6-17(24)21-20(12)16(13(2)26-21)8-9-25-22(28)19-11-14-10-15(31-23(29)30-3)5-7-18(14)27-19/h4-7,10-11,26-27H,8-9H2,1-3H3,(H,25,28). The van der Waals surface area contributed by atoms with Gasteiger partial charge in [0.1, 0.15) is 17.3 Å². The van der Waals surface area contributed by atoms with Crippen molar-refractivity contribution in [2.75, 3.05) is 13.7 Å². The summed E-state index contributed by atoms with van der Waals surface area (Å²) < 4.78 is 23.6. The fraction of sp³-hybridized carbons (Fsp3) is 0.217. The molecule has 2 heterocycles. The second-order valence-electron chi connectivity index (χ2n) is 7.34. The Morgan fingerprint density at radius 1 is 1.10 bits per heavy atom. The smallest absolute Gasteiger partial charge is 0.437 e. The van der Waals surface area contributed by atoms with Crippen LogP contribution in [0.15, 0.2) is 36.4 Å². The van der Waals surface area contributed by atoms with Crippen molar-refractivity contribution in [1.82, 2.24) is 15.3 Å². The summed E-state index contributed by atoms with van der Waals surface area (Å²) in [5.74, 6) is -0.220. The maximum Gasteiger partial charge on any atom is 0.513 e. The zero-order chi connectivity index (χ0) is 22.1. The molecule has 4 rings (SSSR count). The number of rotatable bonds is 5. The number of hydrogen-bond acceptors (Lipinski definition) is 4. The predicted molar refractivity (Wildman–Crippen MR) is 115 cm³/mol. The van der Waals surface area contributed by atoms with Crippen molar-refractivity contribution in [3.05, 3.63) is 64.7 Å². The van der Waals surface area contributed by atoms with Crippen LogP contribution in [-0.4, -0.2) is 35.7 Å². The fourth-order valence-corrected chi connectivity index (χ4v) is 3.79. The summed E-state index contributed by atoms with van der Waals surface area (Å²) in [6.07, 6.45) is -0.241. The van der Waals surface area contributed by atoms with Crippen molar-refractivity contribution < 1.29 is 23.5 Å². The number of H-pyrrole nitrogens is 2. The Balaban J connectivity index is 1.46. The highest BCUT2D eigenvalue weighted by Crippen LogP contribution is 2.28. The molecule has 0 radical (unpaired) electrons. The SMILES string of the molecule is COC(=O)Oc1ccc2[nH]c(C(=O)NCCc3c(C)[nH]c4c(F)ccc(C)c34)cc2c1. The Kier molecular flexibility index (Phi) is 5.37.